The first-order chi connectivity index (χ1) is 31.7. The first kappa shape index (κ1) is 53.1. The number of nitrogens with two attached hydrogens (primary N) is 1. The van der Waals surface area contributed by atoms with Crippen LogP contribution in [0.15, 0.2) is 72.8 Å². The number of fused-ring (bicyclic) bond motifs is 4. The van der Waals surface area contributed by atoms with Crippen molar-refractivity contribution in [3.8, 4) is 11.5 Å². The van der Waals surface area contributed by atoms with Gasteiger partial charge in [0.15, 0.2) is 11.4 Å². The normalized spacial score (nSPS) is 13.0. The van der Waals surface area contributed by atoms with Gasteiger partial charge in [-0.25, -0.2) is 9.69 Å². The average molecular weight is 1110 g/mol. The highest BCUT2D eigenvalue weighted by Crippen LogP contribution is 2.37. The summed E-state index contributed by atoms with van der Waals surface area (Å²) >= 11 is 18.0. The van der Waals surface area contributed by atoms with Crippen molar-refractivity contribution >= 4 is 109 Å². The van der Waals surface area contributed by atoms with Gasteiger partial charge in [0.1, 0.15) is 11.5 Å². The minimum absolute atomic E-state index is 0. The topological polar surface area (TPSA) is 132 Å². The van der Waals surface area contributed by atoms with Crippen molar-refractivity contribution in [3.05, 3.63) is 144 Å². The quantitative estimate of drug-likeness (QED) is 0.0958. The monoisotopic (exact) mass is 1110 g/mol. The Bertz CT molecular complexity index is 2970. The molecule has 3 N–H and O–H groups in total. The molecule has 0 spiro atoms. The van der Waals surface area contributed by atoms with Crippen LogP contribution < -0.4 is 20.5 Å². The number of aromatic nitrogens is 2. The van der Waals surface area contributed by atoms with Gasteiger partial charge in [-0.2, -0.15) is 0 Å². The highest BCUT2D eigenvalue weighted by molar-refractivity contribution is 14.0. The van der Waals surface area contributed by atoms with Gasteiger partial charge in [-0.3, -0.25) is 19.6 Å². The second kappa shape index (κ2) is 22.5. The van der Waals surface area contributed by atoms with Crippen LogP contribution in [-0.4, -0.2) is 57.4 Å². The number of pyridine rings is 2. The summed E-state index contributed by atoms with van der Waals surface area (Å²) in [6, 6.07) is 18.5. The van der Waals surface area contributed by atoms with E-state index in [0.29, 0.717) is 65.6 Å². The summed E-state index contributed by atoms with van der Waals surface area (Å²) in [5.41, 5.74) is 13.4. The first-order valence-corrected chi connectivity index (χ1v) is 21.1. The molecule has 0 saturated carbocycles. The van der Waals surface area contributed by atoms with Crippen molar-refractivity contribution in [2.75, 3.05) is 18.4 Å². The fourth-order valence-corrected chi connectivity index (χ4v) is 8.02. The van der Waals surface area contributed by atoms with Crippen LogP contribution in [0.2, 0.25) is 15.1 Å². The van der Waals surface area contributed by atoms with Crippen LogP contribution in [-0.2, 0) is 48.6 Å². The Balaban J connectivity index is 0.000000210. The fraction of sp³-hybridized carbons (Fsp3) is 0.261. The molecule has 0 radical (unpaired) electrons. The lowest BCUT2D eigenvalue weighted by Crippen LogP contribution is -2.35. The maximum Gasteiger partial charge on any atom is 0.573 e. The van der Waals surface area contributed by atoms with E-state index >= 15 is 0 Å². The number of anilines is 1. The molecule has 0 atom stereocenters. The van der Waals surface area contributed by atoms with Gasteiger partial charge in [0.05, 0.1) is 39.2 Å². The lowest BCUT2D eigenvalue weighted by Gasteiger charge is -2.30. The van der Waals surface area contributed by atoms with Crippen LogP contribution in [0.5, 0.6) is 11.5 Å². The molecule has 2 aliphatic heterocycles. The molecule has 68 heavy (non-hydrogen) atoms. The number of benzene rings is 4. The Labute approximate surface area is 417 Å². The number of hydrogen-bond donors (Lipinski definition) is 2. The summed E-state index contributed by atoms with van der Waals surface area (Å²) in [7, 11) is 0. The van der Waals surface area contributed by atoms with E-state index in [-0.39, 0.29) is 58.9 Å². The van der Waals surface area contributed by atoms with Gasteiger partial charge >= 0.3 is 12.7 Å². The molecule has 2 aliphatic rings. The zero-order chi connectivity index (χ0) is 48.8. The van der Waals surface area contributed by atoms with Gasteiger partial charge in [0, 0.05) is 105 Å². The SMILES string of the molecule is I.NCc1ccc(OC(F)(F)F)c(Cl)c1.[C-]#[N+]c1ccc2nc3c(c(Cl)c2c1)CN(C(C)=O)CC3.[C-]#[N+]c1ccc2nc3c(c(NCc4ccc(OC(F)(F)F)c(Cl)c4)c2c1)CN(C(C)=O)CC3. The van der Waals surface area contributed by atoms with Crippen molar-refractivity contribution in [1.29, 1.82) is 0 Å². The standard InChI is InChI=1S/C23H18ClF3N4O2.C15H12ClN3O.C8H7ClF3NO.HI/c1-13(32)31-8-7-20-17(12-31)22(16-10-15(28-2)4-5-19(16)30-20)29-11-14-3-6-21(18(24)9-14)33-23(25,26)27;1-9(20)19-6-5-14-12(8-19)15(16)11-7-10(17-2)3-4-13(11)18-14;9-6-3-5(4-13)1-2-7(6)14-8(10,11)12;/h3-6,9-10H,7-8,11-12H2,1H3,(H,29,30);3-4,7H,5-6,8H2,1H3;1-3H,4,13H2;1H. The first-order valence-electron chi connectivity index (χ1n) is 20.0. The molecular formula is C46H38Cl3F6IN8O4. The number of nitrogens with zero attached hydrogens (tertiary/aromatic N) is 6. The van der Waals surface area contributed by atoms with Crippen LogP contribution in [0.3, 0.4) is 0 Å². The molecule has 0 bridgehead atoms. The maximum atomic E-state index is 12.5. The van der Waals surface area contributed by atoms with Crippen LogP contribution in [0.4, 0.5) is 43.4 Å². The van der Waals surface area contributed by atoms with Crippen molar-refractivity contribution in [2.24, 2.45) is 5.73 Å². The third kappa shape index (κ3) is 13.4. The van der Waals surface area contributed by atoms with Crippen molar-refractivity contribution < 1.29 is 45.4 Å². The van der Waals surface area contributed by atoms with Gasteiger partial charge in [-0.1, -0.05) is 59.1 Å². The number of nitrogens with one attached hydrogen (secondary N) is 1. The minimum Gasteiger partial charge on any atom is -0.404 e. The predicted octanol–water partition coefficient (Wildman–Crippen LogP) is 12.5. The zero-order valence-corrected chi connectivity index (χ0v) is 40.4. The van der Waals surface area contributed by atoms with Crippen molar-refractivity contribution in [1.82, 2.24) is 19.8 Å². The molecule has 0 unspecified atom stereocenters. The van der Waals surface area contributed by atoms with E-state index in [1.807, 2.05) is 6.07 Å². The molecule has 356 valence electrons. The number of carbonyl (C=O) groups excluding carboxylic acids is 2. The summed E-state index contributed by atoms with van der Waals surface area (Å²) < 4.78 is 80.5. The van der Waals surface area contributed by atoms with Crippen molar-refractivity contribution in [2.45, 2.75) is 65.6 Å². The summed E-state index contributed by atoms with van der Waals surface area (Å²) in [6.07, 6.45) is -8.25. The van der Waals surface area contributed by atoms with E-state index in [1.165, 1.54) is 37.3 Å². The predicted molar refractivity (Wildman–Crippen MR) is 258 cm³/mol. The molecule has 0 saturated heterocycles. The molecule has 2 aromatic heterocycles. The Kier molecular flexibility index (Phi) is 17.6. The number of rotatable bonds is 6. The zero-order valence-electron chi connectivity index (χ0n) is 35.8. The number of halogens is 10. The molecule has 22 heteroatoms. The number of hydrogen-bond acceptors (Lipinski definition) is 8. The van der Waals surface area contributed by atoms with Gasteiger partial charge in [0.25, 0.3) is 0 Å². The molecule has 6 aromatic rings. The van der Waals surface area contributed by atoms with Crippen molar-refractivity contribution in [3.63, 3.8) is 0 Å². The van der Waals surface area contributed by atoms with Gasteiger partial charge in [0.2, 0.25) is 11.8 Å². The van der Waals surface area contributed by atoms with E-state index in [1.54, 1.807) is 47.1 Å². The van der Waals surface area contributed by atoms with Crippen LogP contribution in [0.25, 0.3) is 31.5 Å². The third-order valence-electron chi connectivity index (χ3n) is 10.5. The molecule has 2 amide bonds. The number of amides is 2. The second-order valence-electron chi connectivity index (χ2n) is 15.0. The highest BCUT2D eigenvalue weighted by Gasteiger charge is 2.33. The van der Waals surface area contributed by atoms with Gasteiger partial charge in [-0.05, 0) is 59.7 Å². The fourth-order valence-electron chi connectivity index (χ4n) is 7.22. The Morgan fingerprint density at radius 3 is 1.63 bits per heavy atom. The lowest BCUT2D eigenvalue weighted by atomic mass is 9.99. The molecule has 4 aromatic carbocycles. The molecule has 8 rings (SSSR count). The van der Waals surface area contributed by atoms with E-state index in [2.05, 4.69) is 29.5 Å². The van der Waals surface area contributed by atoms with E-state index in [4.69, 9.17) is 58.7 Å². The molecule has 0 aliphatic carbocycles. The largest absolute Gasteiger partial charge is 0.573 e. The summed E-state index contributed by atoms with van der Waals surface area (Å²) in [4.78, 5) is 43.2. The Morgan fingerprint density at radius 2 is 1.16 bits per heavy atom. The van der Waals surface area contributed by atoms with E-state index < -0.39 is 24.2 Å². The van der Waals surface area contributed by atoms with Gasteiger partial charge in [-0.15, -0.1) is 50.3 Å². The Hall–Kier alpha value is -5.84. The molecular weight excluding hydrogens is 1080 g/mol. The third-order valence-corrected chi connectivity index (χ3v) is 11.5. The summed E-state index contributed by atoms with van der Waals surface area (Å²) in [5, 5.41) is 5.19. The average Bonchev–Trinajstić information content (AvgIpc) is 3.28. The maximum absolute atomic E-state index is 12.5. The Morgan fingerprint density at radius 1 is 0.706 bits per heavy atom. The summed E-state index contributed by atoms with van der Waals surface area (Å²) in [5.74, 6) is -0.898. The van der Waals surface area contributed by atoms with E-state index in [9.17, 15) is 35.9 Å². The summed E-state index contributed by atoms with van der Waals surface area (Å²) in [6.45, 7) is 20.1. The van der Waals surface area contributed by atoms with Crippen LogP contribution in [0, 0.1) is 13.1 Å². The molecule has 12 nitrogen and oxygen atoms in total. The number of ether oxygens (including phenoxy) is 2. The molecule has 0 fully saturated rings. The lowest BCUT2D eigenvalue weighted by molar-refractivity contribution is -0.275. The smallest absolute Gasteiger partial charge is 0.404 e. The van der Waals surface area contributed by atoms with Crippen LogP contribution >= 0.6 is 58.8 Å². The second-order valence-corrected chi connectivity index (χ2v) is 16.1. The number of carbonyl (C=O) groups is 2. The number of alkyl halides is 6. The highest BCUT2D eigenvalue weighted by atomic mass is 127. The van der Waals surface area contributed by atoms with Gasteiger partial charge < -0.3 is 30.3 Å². The molecule has 4 heterocycles. The van der Waals surface area contributed by atoms with Crippen LogP contribution in [0.1, 0.15) is 47.5 Å². The van der Waals surface area contributed by atoms with E-state index in [0.717, 1.165) is 57.0 Å². The minimum atomic E-state index is -4.83.